The molecule has 0 fully saturated rings. The van der Waals surface area contributed by atoms with Gasteiger partial charge < -0.3 is 15.8 Å². The number of nitrogen functional groups attached to an aromatic ring is 1. The van der Waals surface area contributed by atoms with Gasteiger partial charge in [0, 0.05) is 23.5 Å². The Balaban J connectivity index is 1.86. The fraction of sp³-hybridized carbons (Fsp3) is 0.222. The highest BCUT2D eigenvalue weighted by atomic mass is 32.2. The van der Waals surface area contributed by atoms with Gasteiger partial charge in [0.15, 0.2) is 5.16 Å². The predicted molar refractivity (Wildman–Crippen MR) is 103 cm³/mol. The molecule has 2 aromatic rings. The van der Waals surface area contributed by atoms with Gasteiger partial charge in [0.25, 0.3) is 0 Å². The molecule has 7 nitrogen and oxygen atoms in total. The van der Waals surface area contributed by atoms with Crippen molar-refractivity contribution in [3.63, 3.8) is 0 Å². The number of anilines is 2. The number of aryl methyl sites for hydroxylation is 1. The van der Waals surface area contributed by atoms with Gasteiger partial charge >= 0.3 is 5.97 Å². The first-order chi connectivity index (χ1) is 12.5. The molecule has 0 atom stereocenters. The van der Waals surface area contributed by atoms with Crippen LogP contribution in [0.15, 0.2) is 41.6 Å². The summed E-state index contributed by atoms with van der Waals surface area (Å²) in [5.74, 6) is -0.00536. The number of benzene rings is 1. The molecule has 3 N–H and O–H groups in total. The highest BCUT2D eigenvalue weighted by Gasteiger charge is 2.07. The Morgan fingerprint density at radius 2 is 2.00 bits per heavy atom. The van der Waals surface area contributed by atoms with E-state index in [-0.39, 0.29) is 17.6 Å². The summed E-state index contributed by atoms with van der Waals surface area (Å²) in [6.07, 6.45) is 3.01. The molecule has 1 aromatic heterocycles. The normalized spacial score (nSPS) is 10.7. The number of aromatic nitrogens is 2. The van der Waals surface area contributed by atoms with Crippen LogP contribution in [0.5, 0.6) is 0 Å². The lowest BCUT2D eigenvalue weighted by Gasteiger charge is -2.06. The molecule has 1 heterocycles. The van der Waals surface area contributed by atoms with Crippen LogP contribution in [-0.4, -0.2) is 34.2 Å². The van der Waals surface area contributed by atoms with Gasteiger partial charge in [-0.2, -0.15) is 0 Å². The summed E-state index contributed by atoms with van der Waals surface area (Å²) < 4.78 is 4.81. The highest BCUT2D eigenvalue weighted by Crippen LogP contribution is 2.16. The monoisotopic (exact) mass is 372 g/mol. The SMILES string of the molecule is CCOC(=O)/C=C/c1ccc(NC(=O)CSc2nc(C)cc(N)n2)cc1. The zero-order valence-electron chi connectivity index (χ0n) is 14.6. The number of carbonyl (C=O) groups is 2. The molecular formula is C18H20N4O3S. The summed E-state index contributed by atoms with van der Waals surface area (Å²) in [5.41, 5.74) is 7.91. The van der Waals surface area contributed by atoms with Crippen LogP contribution in [-0.2, 0) is 14.3 Å². The molecule has 26 heavy (non-hydrogen) atoms. The maximum absolute atomic E-state index is 12.0. The number of rotatable bonds is 7. The summed E-state index contributed by atoms with van der Waals surface area (Å²) in [6, 6.07) is 8.77. The average Bonchev–Trinajstić information content (AvgIpc) is 2.59. The number of hydrogen-bond acceptors (Lipinski definition) is 7. The van der Waals surface area contributed by atoms with Gasteiger partial charge in [-0.25, -0.2) is 14.8 Å². The zero-order valence-corrected chi connectivity index (χ0v) is 15.4. The summed E-state index contributed by atoms with van der Waals surface area (Å²) in [7, 11) is 0. The summed E-state index contributed by atoms with van der Waals surface area (Å²) in [6.45, 7) is 3.91. The number of carbonyl (C=O) groups excluding carboxylic acids is 2. The lowest BCUT2D eigenvalue weighted by Crippen LogP contribution is -2.14. The molecule has 8 heteroatoms. The third-order valence-corrected chi connectivity index (χ3v) is 3.93. The minimum Gasteiger partial charge on any atom is -0.463 e. The van der Waals surface area contributed by atoms with E-state index in [9.17, 15) is 9.59 Å². The quantitative estimate of drug-likeness (QED) is 0.333. The fourth-order valence-electron chi connectivity index (χ4n) is 1.99. The Morgan fingerprint density at radius 1 is 1.27 bits per heavy atom. The topological polar surface area (TPSA) is 107 Å². The minimum absolute atomic E-state index is 0.173. The van der Waals surface area contributed by atoms with Gasteiger partial charge in [0.2, 0.25) is 5.91 Å². The van der Waals surface area contributed by atoms with Gasteiger partial charge in [-0.3, -0.25) is 4.79 Å². The third kappa shape index (κ3) is 6.56. The molecule has 136 valence electrons. The molecule has 0 saturated heterocycles. The number of nitrogens with two attached hydrogens (primary N) is 1. The predicted octanol–water partition coefficient (Wildman–Crippen LogP) is 2.67. The van der Waals surface area contributed by atoms with Crippen molar-refractivity contribution in [2.24, 2.45) is 0 Å². The first-order valence-corrected chi connectivity index (χ1v) is 8.93. The standard InChI is InChI=1S/C18H20N4O3S/c1-3-25-17(24)9-6-13-4-7-14(8-5-13)21-16(23)11-26-18-20-12(2)10-15(19)22-18/h4-10H,3,11H2,1-2H3,(H,21,23)(H2,19,20,22)/b9-6+. The molecule has 1 amide bonds. The van der Waals surface area contributed by atoms with Crippen molar-refractivity contribution < 1.29 is 14.3 Å². The number of thioether (sulfide) groups is 1. The molecule has 0 unspecified atom stereocenters. The van der Waals surface area contributed by atoms with E-state index < -0.39 is 0 Å². The first-order valence-electron chi connectivity index (χ1n) is 7.95. The first kappa shape index (κ1) is 19.5. The molecule has 0 saturated carbocycles. The second-order valence-corrected chi connectivity index (χ2v) is 6.20. The lowest BCUT2D eigenvalue weighted by atomic mass is 10.2. The van der Waals surface area contributed by atoms with E-state index in [1.807, 2.05) is 6.92 Å². The van der Waals surface area contributed by atoms with Gasteiger partial charge in [-0.1, -0.05) is 23.9 Å². The van der Waals surface area contributed by atoms with E-state index in [4.69, 9.17) is 10.5 Å². The van der Waals surface area contributed by atoms with Crippen LogP contribution in [0.4, 0.5) is 11.5 Å². The van der Waals surface area contributed by atoms with Crippen molar-refractivity contribution in [2.45, 2.75) is 19.0 Å². The number of nitrogens with one attached hydrogen (secondary N) is 1. The van der Waals surface area contributed by atoms with Crippen molar-refractivity contribution in [2.75, 3.05) is 23.4 Å². The van der Waals surface area contributed by atoms with E-state index in [1.165, 1.54) is 17.8 Å². The number of amides is 1. The molecule has 0 aliphatic rings. The number of nitrogens with zero attached hydrogens (tertiary/aromatic N) is 2. The van der Waals surface area contributed by atoms with Gasteiger partial charge in [0.1, 0.15) is 5.82 Å². The van der Waals surface area contributed by atoms with Crippen molar-refractivity contribution in [3.8, 4) is 0 Å². The largest absolute Gasteiger partial charge is 0.463 e. The smallest absolute Gasteiger partial charge is 0.330 e. The summed E-state index contributed by atoms with van der Waals surface area (Å²) in [5, 5.41) is 3.26. The highest BCUT2D eigenvalue weighted by molar-refractivity contribution is 7.99. The molecular weight excluding hydrogens is 352 g/mol. The van der Waals surface area contributed by atoms with E-state index in [2.05, 4.69) is 15.3 Å². The second-order valence-electron chi connectivity index (χ2n) is 5.26. The van der Waals surface area contributed by atoms with E-state index in [0.29, 0.717) is 23.3 Å². The Bertz CT molecular complexity index is 786. The molecule has 1 aromatic carbocycles. The van der Waals surface area contributed by atoms with Crippen molar-refractivity contribution in [3.05, 3.63) is 47.7 Å². The van der Waals surface area contributed by atoms with Crippen LogP contribution < -0.4 is 11.1 Å². The molecule has 2 rings (SSSR count). The summed E-state index contributed by atoms with van der Waals surface area (Å²) in [4.78, 5) is 31.6. The maximum Gasteiger partial charge on any atom is 0.330 e. The number of hydrogen-bond donors (Lipinski definition) is 2. The maximum atomic E-state index is 12.0. The van der Waals surface area contributed by atoms with Crippen LogP contribution in [0.25, 0.3) is 6.08 Å². The number of ether oxygens (including phenoxy) is 1. The average molecular weight is 372 g/mol. The van der Waals surface area contributed by atoms with Crippen LogP contribution in [0.2, 0.25) is 0 Å². The van der Waals surface area contributed by atoms with Crippen LogP contribution >= 0.6 is 11.8 Å². The van der Waals surface area contributed by atoms with Crippen LogP contribution in [0, 0.1) is 6.92 Å². The molecule has 0 radical (unpaired) electrons. The second kappa shape index (κ2) is 9.57. The molecule has 0 aliphatic carbocycles. The Kier molecular flexibility index (Phi) is 7.16. The van der Waals surface area contributed by atoms with Crippen LogP contribution in [0.3, 0.4) is 0 Å². The summed E-state index contributed by atoms with van der Waals surface area (Å²) >= 11 is 1.22. The fourth-order valence-corrected chi connectivity index (χ4v) is 2.70. The molecule has 0 spiro atoms. The zero-order chi connectivity index (χ0) is 18.9. The third-order valence-electron chi connectivity index (χ3n) is 3.08. The van der Waals surface area contributed by atoms with Crippen molar-refractivity contribution in [1.82, 2.24) is 9.97 Å². The van der Waals surface area contributed by atoms with E-state index in [0.717, 1.165) is 11.3 Å². The lowest BCUT2D eigenvalue weighted by molar-refractivity contribution is -0.137. The Hall–Kier alpha value is -2.87. The molecule has 0 bridgehead atoms. The van der Waals surface area contributed by atoms with Gasteiger partial charge in [-0.15, -0.1) is 0 Å². The van der Waals surface area contributed by atoms with E-state index in [1.54, 1.807) is 43.3 Å². The van der Waals surface area contributed by atoms with Crippen LogP contribution in [0.1, 0.15) is 18.2 Å². The number of esters is 1. The van der Waals surface area contributed by atoms with Gasteiger partial charge in [0.05, 0.1) is 12.4 Å². The van der Waals surface area contributed by atoms with Gasteiger partial charge in [-0.05, 0) is 37.6 Å². The van der Waals surface area contributed by atoms with E-state index >= 15 is 0 Å². The Labute approximate surface area is 156 Å². The van der Waals surface area contributed by atoms with Crippen molar-refractivity contribution >= 4 is 41.2 Å². The molecule has 0 aliphatic heterocycles. The van der Waals surface area contributed by atoms with Crippen molar-refractivity contribution in [1.29, 1.82) is 0 Å². The minimum atomic E-state index is -0.388. The Morgan fingerprint density at radius 3 is 2.65 bits per heavy atom.